The molecule has 2 N–H and O–H groups in total. The summed E-state index contributed by atoms with van der Waals surface area (Å²) in [5, 5.41) is 14.4. The molecule has 1 amide bonds. The van der Waals surface area contributed by atoms with E-state index in [-0.39, 0.29) is 23.6 Å². The molecule has 9 heteroatoms. The summed E-state index contributed by atoms with van der Waals surface area (Å²) in [7, 11) is -3.07. The summed E-state index contributed by atoms with van der Waals surface area (Å²) in [5.41, 5.74) is -0.214. The first-order chi connectivity index (χ1) is 8.37. The predicted octanol–water partition coefficient (Wildman–Crippen LogP) is -1.48. The summed E-state index contributed by atoms with van der Waals surface area (Å²) in [5.74, 6) is -1.79. The molecule has 0 spiro atoms. The van der Waals surface area contributed by atoms with Crippen LogP contribution in [0.4, 0.5) is 0 Å². The highest BCUT2D eigenvalue weighted by Crippen LogP contribution is 2.14. The van der Waals surface area contributed by atoms with Gasteiger partial charge in [-0.25, -0.2) is 13.2 Å². The predicted molar refractivity (Wildman–Crippen MR) is 59.8 cm³/mol. The molecule has 0 aromatic carbocycles. The number of sulfone groups is 1. The molecule has 0 saturated carbocycles. The number of carboxylic acids is 1. The van der Waals surface area contributed by atoms with Crippen LogP contribution in [0, 0.1) is 0 Å². The normalized spacial score (nSPS) is 29.4. The molecule has 2 aliphatic rings. The largest absolute Gasteiger partial charge is 0.477 e. The van der Waals surface area contributed by atoms with Crippen molar-refractivity contribution < 1.29 is 28.0 Å². The maximum atomic E-state index is 11.7. The van der Waals surface area contributed by atoms with Crippen molar-refractivity contribution in [3.05, 3.63) is 0 Å². The Morgan fingerprint density at radius 2 is 2.17 bits per heavy atom. The standard InChI is InChI=1S/C9H12N2O6S/c12-8(7-3-6(9(13)14)11-17-7)10-5-1-2-18(15,16)4-5/h5,7H,1-4H2,(H,10,12)(H,13,14). The Morgan fingerprint density at radius 1 is 1.44 bits per heavy atom. The number of carboxylic acid groups (broad SMARTS) is 1. The van der Waals surface area contributed by atoms with Crippen LogP contribution in [0.1, 0.15) is 12.8 Å². The van der Waals surface area contributed by atoms with Crippen LogP contribution in [0.3, 0.4) is 0 Å². The smallest absolute Gasteiger partial charge is 0.353 e. The van der Waals surface area contributed by atoms with Crippen LogP contribution in [0.15, 0.2) is 5.16 Å². The topological polar surface area (TPSA) is 122 Å². The zero-order valence-electron chi connectivity index (χ0n) is 9.33. The van der Waals surface area contributed by atoms with E-state index in [0.29, 0.717) is 6.42 Å². The highest BCUT2D eigenvalue weighted by Gasteiger charge is 2.35. The maximum absolute atomic E-state index is 11.7. The third-order valence-electron chi connectivity index (χ3n) is 2.79. The lowest BCUT2D eigenvalue weighted by atomic mass is 10.1. The van der Waals surface area contributed by atoms with E-state index in [0.717, 1.165) is 0 Å². The molecule has 0 aromatic heterocycles. The fourth-order valence-electron chi connectivity index (χ4n) is 1.85. The van der Waals surface area contributed by atoms with Gasteiger partial charge in [0.1, 0.15) is 0 Å². The van der Waals surface area contributed by atoms with E-state index < -0.39 is 33.9 Å². The second kappa shape index (κ2) is 4.56. The number of amides is 1. The van der Waals surface area contributed by atoms with E-state index in [9.17, 15) is 18.0 Å². The van der Waals surface area contributed by atoms with Crippen molar-refractivity contribution >= 4 is 27.4 Å². The number of carbonyl (C=O) groups excluding carboxylic acids is 1. The number of hydrogen-bond acceptors (Lipinski definition) is 6. The fourth-order valence-corrected chi connectivity index (χ4v) is 3.52. The first-order valence-electron chi connectivity index (χ1n) is 5.34. The number of nitrogens with zero attached hydrogens (tertiary/aromatic N) is 1. The van der Waals surface area contributed by atoms with Crippen LogP contribution in [-0.4, -0.2) is 54.8 Å². The average Bonchev–Trinajstić information content (AvgIpc) is 2.85. The Bertz CT molecular complexity index is 511. The minimum absolute atomic E-state index is 0.0559. The van der Waals surface area contributed by atoms with Crippen molar-refractivity contribution in [2.45, 2.75) is 25.0 Å². The summed E-state index contributed by atoms with van der Waals surface area (Å²) in [6.07, 6.45) is -0.729. The number of nitrogens with one attached hydrogen (secondary N) is 1. The molecule has 18 heavy (non-hydrogen) atoms. The molecule has 8 nitrogen and oxygen atoms in total. The van der Waals surface area contributed by atoms with Gasteiger partial charge in [-0.15, -0.1) is 0 Å². The lowest BCUT2D eigenvalue weighted by Crippen LogP contribution is -2.42. The van der Waals surface area contributed by atoms with Crippen molar-refractivity contribution in [2.75, 3.05) is 11.5 Å². The maximum Gasteiger partial charge on any atom is 0.353 e. The van der Waals surface area contributed by atoms with Crippen LogP contribution < -0.4 is 5.32 Å². The molecule has 2 aliphatic heterocycles. The van der Waals surface area contributed by atoms with Gasteiger partial charge >= 0.3 is 5.97 Å². The summed E-state index contributed by atoms with van der Waals surface area (Å²) in [6, 6.07) is -0.431. The Labute approximate surface area is 103 Å². The number of hydrogen-bond donors (Lipinski definition) is 2. The number of aliphatic carboxylic acids is 1. The van der Waals surface area contributed by atoms with Crippen molar-refractivity contribution in [1.29, 1.82) is 0 Å². The highest BCUT2D eigenvalue weighted by molar-refractivity contribution is 7.91. The highest BCUT2D eigenvalue weighted by atomic mass is 32.2. The number of oxime groups is 1. The molecule has 1 saturated heterocycles. The molecule has 0 aliphatic carbocycles. The minimum atomic E-state index is -3.07. The van der Waals surface area contributed by atoms with Gasteiger partial charge in [0.2, 0.25) is 6.10 Å². The molecule has 0 aromatic rings. The van der Waals surface area contributed by atoms with Crippen molar-refractivity contribution in [2.24, 2.45) is 5.16 Å². The minimum Gasteiger partial charge on any atom is -0.477 e. The van der Waals surface area contributed by atoms with Gasteiger partial charge in [-0.3, -0.25) is 4.79 Å². The van der Waals surface area contributed by atoms with E-state index in [1.807, 2.05) is 0 Å². The summed E-state index contributed by atoms with van der Waals surface area (Å²) >= 11 is 0. The molecule has 1 fully saturated rings. The van der Waals surface area contributed by atoms with Gasteiger partial charge in [-0.1, -0.05) is 5.16 Å². The van der Waals surface area contributed by atoms with Crippen LogP contribution in [0.2, 0.25) is 0 Å². The molecule has 2 unspecified atom stereocenters. The molecule has 2 atom stereocenters. The van der Waals surface area contributed by atoms with Crippen LogP contribution in [0.25, 0.3) is 0 Å². The van der Waals surface area contributed by atoms with E-state index >= 15 is 0 Å². The summed E-state index contributed by atoms with van der Waals surface area (Å²) < 4.78 is 22.4. The SMILES string of the molecule is O=C(O)C1=NOC(C(=O)NC2CCS(=O)(=O)C2)C1. The monoisotopic (exact) mass is 276 g/mol. The third-order valence-corrected chi connectivity index (χ3v) is 4.55. The quantitative estimate of drug-likeness (QED) is 0.648. The van der Waals surface area contributed by atoms with E-state index in [1.165, 1.54) is 0 Å². The van der Waals surface area contributed by atoms with E-state index in [2.05, 4.69) is 10.5 Å². The lowest BCUT2D eigenvalue weighted by molar-refractivity contribution is -0.131. The van der Waals surface area contributed by atoms with Crippen molar-refractivity contribution in [1.82, 2.24) is 5.32 Å². The van der Waals surface area contributed by atoms with Crippen LogP contribution >= 0.6 is 0 Å². The molecule has 2 heterocycles. The second-order valence-electron chi connectivity index (χ2n) is 4.25. The summed E-state index contributed by atoms with van der Waals surface area (Å²) in [4.78, 5) is 27.0. The Morgan fingerprint density at radius 3 is 2.67 bits per heavy atom. The van der Waals surface area contributed by atoms with Gasteiger partial charge < -0.3 is 15.3 Å². The van der Waals surface area contributed by atoms with Crippen molar-refractivity contribution in [3.8, 4) is 0 Å². The number of carbonyl (C=O) groups is 2. The second-order valence-corrected chi connectivity index (χ2v) is 6.48. The Balaban J connectivity index is 1.86. The fraction of sp³-hybridized carbons (Fsp3) is 0.667. The Hall–Kier alpha value is -1.64. The first-order valence-corrected chi connectivity index (χ1v) is 7.16. The zero-order valence-corrected chi connectivity index (χ0v) is 10.1. The van der Waals surface area contributed by atoms with E-state index in [4.69, 9.17) is 9.94 Å². The third kappa shape index (κ3) is 2.78. The molecule has 100 valence electrons. The first kappa shape index (κ1) is 12.8. The molecular formula is C9H12N2O6S. The van der Waals surface area contributed by atoms with Gasteiger partial charge in [0.05, 0.1) is 11.5 Å². The van der Waals surface area contributed by atoms with Crippen LogP contribution in [0.5, 0.6) is 0 Å². The van der Waals surface area contributed by atoms with E-state index in [1.54, 1.807) is 0 Å². The lowest BCUT2D eigenvalue weighted by Gasteiger charge is -2.13. The Kier molecular flexibility index (Phi) is 3.24. The van der Waals surface area contributed by atoms with Gasteiger partial charge in [-0.05, 0) is 6.42 Å². The van der Waals surface area contributed by atoms with Gasteiger partial charge in [0.25, 0.3) is 5.91 Å². The molecule has 0 radical (unpaired) electrons. The number of rotatable bonds is 3. The summed E-state index contributed by atoms with van der Waals surface area (Å²) in [6.45, 7) is 0. The molecule has 0 bridgehead atoms. The van der Waals surface area contributed by atoms with Gasteiger partial charge in [0, 0.05) is 12.5 Å². The molecular weight excluding hydrogens is 264 g/mol. The van der Waals surface area contributed by atoms with Gasteiger partial charge in [-0.2, -0.15) is 0 Å². The van der Waals surface area contributed by atoms with Crippen molar-refractivity contribution in [3.63, 3.8) is 0 Å². The van der Waals surface area contributed by atoms with Gasteiger partial charge in [0.15, 0.2) is 15.5 Å². The molecule has 2 rings (SSSR count). The zero-order chi connectivity index (χ0) is 13.3. The average molecular weight is 276 g/mol. The van der Waals surface area contributed by atoms with Crippen LogP contribution in [-0.2, 0) is 24.3 Å².